The number of hydrogen-bond donors (Lipinski definition) is 1. The molecule has 1 aromatic heterocycles. The van der Waals surface area contributed by atoms with Crippen molar-refractivity contribution in [1.29, 1.82) is 0 Å². The van der Waals surface area contributed by atoms with Crippen LogP contribution in [0.25, 0.3) is 0 Å². The average Bonchev–Trinajstić information content (AvgIpc) is 3.05. The summed E-state index contributed by atoms with van der Waals surface area (Å²) in [6, 6.07) is 3.18. The van der Waals surface area contributed by atoms with E-state index in [0.29, 0.717) is 18.0 Å². The molecule has 1 unspecified atom stereocenters. The average molecular weight is 234 g/mol. The van der Waals surface area contributed by atoms with Crippen LogP contribution in [0, 0.1) is 0 Å². The highest BCUT2D eigenvalue weighted by molar-refractivity contribution is 5.45. The molecule has 0 bridgehead atoms. The van der Waals surface area contributed by atoms with Crippen molar-refractivity contribution < 1.29 is 4.74 Å². The molecule has 0 amide bonds. The molecule has 5 nitrogen and oxygen atoms in total. The van der Waals surface area contributed by atoms with Gasteiger partial charge in [0.25, 0.3) is 0 Å². The molecule has 1 aromatic rings. The second-order valence-electron chi connectivity index (χ2n) is 4.70. The lowest BCUT2D eigenvalue weighted by atomic mass is 10.2. The van der Waals surface area contributed by atoms with Crippen LogP contribution in [0.15, 0.2) is 12.4 Å². The molecule has 2 heterocycles. The predicted octanol–water partition coefficient (Wildman–Crippen LogP) is 0.816. The summed E-state index contributed by atoms with van der Waals surface area (Å²) in [5.74, 6) is 1.65. The van der Waals surface area contributed by atoms with Gasteiger partial charge in [0, 0.05) is 24.7 Å². The van der Waals surface area contributed by atoms with Crippen LogP contribution in [0.5, 0.6) is 5.88 Å². The second kappa shape index (κ2) is 4.49. The Morgan fingerprint density at radius 2 is 2.18 bits per heavy atom. The van der Waals surface area contributed by atoms with E-state index < -0.39 is 0 Å². The van der Waals surface area contributed by atoms with Crippen molar-refractivity contribution in [3.63, 3.8) is 0 Å². The van der Waals surface area contributed by atoms with Gasteiger partial charge in [-0.25, -0.2) is 9.97 Å². The monoisotopic (exact) mass is 234 g/mol. The van der Waals surface area contributed by atoms with Gasteiger partial charge in [-0.15, -0.1) is 0 Å². The van der Waals surface area contributed by atoms with E-state index in [4.69, 9.17) is 4.74 Å². The molecule has 1 saturated heterocycles. The van der Waals surface area contributed by atoms with E-state index in [9.17, 15) is 0 Å². The van der Waals surface area contributed by atoms with Crippen LogP contribution < -0.4 is 15.0 Å². The molecule has 0 spiro atoms. The van der Waals surface area contributed by atoms with Crippen LogP contribution in [-0.2, 0) is 0 Å². The Morgan fingerprint density at radius 3 is 2.82 bits per heavy atom. The number of nitrogens with one attached hydrogen (secondary N) is 1. The Kier molecular flexibility index (Phi) is 2.84. The quantitative estimate of drug-likeness (QED) is 0.835. The van der Waals surface area contributed by atoms with Gasteiger partial charge in [-0.1, -0.05) is 0 Å². The highest BCUT2D eigenvalue weighted by atomic mass is 16.5. The molecule has 2 fully saturated rings. The van der Waals surface area contributed by atoms with Crippen molar-refractivity contribution in [2.24, 2.45) is 0 Å². The zero-order valence-corrected chi connectivity index (χ0v) is 10.1. The second-order valence-corrected chi connectivity index (χ2v) is 4.70. The van der Waals surface area contributed by atoms with Crippen LogP contribution in [0.2, 0.25) is 0 Å². The van der Waals surface area contributed by atoms with E-state index in [0.717, 1.165) is 18.9 Å². The number of nitrogens with zero attached hydrogens (tertiary/aromatic N) is 3. The molecular formula is C12H18N4O. The summed E-state index contributed by atoms with van der Waals surface area (Å²) in [5.41, 5.74) is 0. The summed E-state index contributed by atoms with van der Waals surface area (Å²) in [4.78, 5) is 10.9. The first-order valence-corrected chi connectivity index (χ1v) is 6.23. The molecule has 1 atom stereocenters. The third-order valence-corrected chi connectivity index (χ3v) is 3.47. The van der Waals surface area contributed by atoms with E-state index >= 15 is 0 Å². The van der Waals surface area contributed by atoms with Gasteiger partial charge < -0.3 is 15.0 Å². The summed E-state index contributed by atoms with van der Waals surface area (Å²) in [6.07, 6.45) is 5.35. The van der Waals surface area contributed by atoms with Gasteiger partial charge in [-0.05, 0) is 25.8 Å². The molecule has 17 heavy (non-hydrogen) atoms. The maximum Gasteiger partial charge on any atom is 0.218 e. The molecule has 1 saturated carbocycles. The van der Waals surface area contributed by atoms with Crippen LogP contribution in [0.1, 0.15) is 19.3 Å². The topological polar surface area (TPSA) is 50.3 Å². The van der Waals surface area contributed by atoms with E-state index in [2.05, 4.69) is 20.2 Å². The first-order chi connectivity index (χ1) is 8.38. The lowest BCUT2D eigenvalue weighted by Crippen LogP contribution is -2.39. The van der Waals surface area contributed by atoms with Gasteiger partial charge in [-0.3, -0.25) is 0 Å². The number of rotatable bonds is 4. The Bertz CT molecular complexity index is 388. The molecule has 2 aliphatic rings. The number of anilines is 1. The molecule has 1 aliphatic carbocycles. The Hall–Kier alpha value is -1.36. The Balaban J connectivity index is 1.86. The highest BCUT2D eigenvalue weighted by Crippen LogP contribution is 2.34. The van der Waals surface area contributed by atoms with Crippen molar-refractivity contribution in [2.75, 3.05) is 25.1 Å². The van der Waals surface area contributed by atoms with Gasteiger partial charge in [0.1, 0.15) is 12.1 Å². The molecule has 92 valence electrons. The van der Waals surface area contributed by atoms with E-state index in [1.807, 2.05) is 6.07 Å². The molecule has 5 heteroatoms. The number of methoxy groups -OCH3 is 1. The van der Waals surface area contributed by atoms with Crippen LogP contribution >= 0.6 is 0 Å². The lowest BCUT2D eigenvalue weighted by molar-refractivity contribution is 0.396. The van der Waals surface area contributed by atoms with Crippen LogP contribution in [0.3, 0.4) is 0 Å². The third-order valence-electron chi connectivity index (χ3n) is 3.47. The van der Waals surface area contributed by atoms with Gasteiger partial charge in [0.2, 0.25) is 5.88 Å². The number of ether oxygens (including phenoxy) is 1. The summed E-state index contributed by atoms with van der Waals surface area (Å²) in [6.45, 7) is 2.17. The van der Waals surface area contributed by atoms with Crippen molar-refractivity contribution in [3.8, 4) is 5.88 Å². The summed E-state index contributed by atoms with van der Waals surface area (Å²) < 4.78 is 5.17. The van der Waals surface area contributed by atoms with E-state index in [1.165, 1.54) is 19.3 Å². The zero-order valence-electron chi connectivity index (χ0n) is 10.1. The minimum absolute atomic E-state index is 0.571. The Morgan fingerprint density at radius 1 is 1.29 bits per heavy atom. The molecular weight excluding hydrogens is 216 g/mol. The highest BCUT2D eigenvalue weighted by Gasteiger charge is 2.36. The summed E-state index contributed by atoms with van der Waals surface area (Å²) in [7, 11) is 1.64. The zero-order chi connectivity index (χ0) is 11.7. The fraction of sp³-hybridized carbons (Fsp3) is 0.667. The number of aromatic nitrogens is 2. The van der Waals surface area contributed by atoms with Crippen molar-refractivity contribution in [1.82, 2.24) is 15.3 Å². The van der Waals surface area contributed by atoms with Crippen molar-refractivity contribution in [2.45, 2.75) is 31.3 Å². The van der Waals surface area contributed by atoms with Crippen LogP contribution in [-0.4, -0.2) is 42.3 Å². The Labute approximate surface area is 101 Å². The summed E-state index contributed by atoms with van der Waals surface area (Å²) >= 11 is 0. The van der Waals surface area contributed by atoms with E-state index in [1.54, 1.807) is 13.4 Å². The molecule has 1 N–H and O–H groups in total. The number of hydrogen-bond acceptors (Lipinski definition) is 5. The standard InChI is InChI=1S/C12H18N4O/c1-17-12-6-11(14-8-15-12)16(9-2-3-9)10-4-5-13-7-10/h6,8-10,13H,2-5,7H2,1H3. The molecule has 0 aromatic carbocycles. The van der Waals surface area contributed by atoms with Crippen molar-refractivity contribution in [3.05, 3.63) is 12.4 Å². The minimum Gasteiger partial charge on any atom is -0.481 e. The van der Waals surface area contributed by atoms with Crippen LogP contribution in [0.4, 0.5) is 5.82 Å². The molecule has 0 radical (unpaired) electrons. The SMILES string of the molecule is COc1cc(N(C2CC2)C2CCNC2)ncn1. The summed E-state index contributed by atoms with van der Waals surface area (Å²) in [5, 5.41) is 3.42. The molecule has 3 rings (SSSR count). The maximum atomic E-state index is 5.17. The van der Waals surface area contributed by atoms with Crippen molar-refractivity contribution >= 4 is 5.82 Å². The van der Waals surface area contributed by atoms with Gasteiger partial charge >= 0.3 is 0 Å². The van der Waals surface area contributed by atoms with E-state index in [-0.39, 0.29) is 0 Å². The van der Waals surface area contributed by atoms with Gasteiger partial charge in [0.15, 0.2) is 0 Å². The smallest absolute Gasteiger partial charge is 0.218 e. The van der Waals surface area contributed by atoms with Gasteiger partial charge in [0.05, 0.1) is 7.11 Å². The predicted molar refractivity (Wildman–Crippen MR) is 65.4 cm³/mol. The minimum atomic E-state index is 0.571. The molecule has 1 aliphatic heterocycles. The lowest BCUT2D eigenvalue weighted by Gasteiger charge is -2.29. The normalized spacial score (nSPS) is 23.7. The van der Waals surface area contributed by atoms with Gasteiger partial charge in [-0.2, -0.15) is 0 Å². The first-order valence-electron chi connectivity index (χ1n) is 6.23. The first kappa shape index (κ1) is 10.8. The maximum absolute atomic E-state index is 5.17. The largest absolute Gasteiger partial charge is 0.481 e. The fourth-order valence-electron chi connectivity index (χ4n) is 2.48. The third kappa shape index (κ3) is 2.20. The fourth-order valence-corrected chi connectivity index (χ4v) is 2.48.